The summed E-state index contributed by atoms with van der Waals surface area (Å²) in [5.74, 6) is 0.773. The summed E-state index contributed by atoms with van der Waals surface area (Å²) in [6, 6.07) is 54.6. The van der Waals surface area contributed by atoms with E-state index in [0.29, 0.717) is 5.56 Å². The fourth-order valence-electron chi connectivity index (χ4n) is 6.15. The van der Waals surface area contributed by atoms with Gasteiger partial charge in [-0.1, -0.05) is 136 Å². The minimum absolute atomic E-state index is 0. The second-order valence-electron chi connectivity index (χ2n) is 11.7. The Kier molecular flexibility index (Phi) is 8.14. The molecule has 0 saturated heterocycles. The molecule has 0 aliphatic heterocycles. The van der Waals surface area contributed by atoms with E-state index in [9.17, 15) is 0 Å². The van der Waals surface area contributed by atoms with Crippen LogP contribution in [0.1, 0.15) is 19.4 Å². The molecule has 0 saturated carbocycles. The van der Waals surface area contributed by atoms with Crippen LogP contribution in [-0.4, -0.2) is 14.5 Å². The van der Waals surface area contributed by atoms with Crippen molar-refractivity contribution in [2.24, 2.45) is 0 Å². The van der Waals surface area contributed by atoms with E-state index in [1.165, 1.54) is 17.5 Å². The Hall–Kier alpha value is -5.45. The molecule has 5 heteroatoms. The van der Waals surface area contributed by atoms with E-state index in [0.717, 1.165) is 71.7 Å². The fraction of sp³-hybridized carbons (Fsp3) is 0.0435. The number of hydrogen-bond acceptors (Lipinski definition) is 3. The van der Waals surface area contributed by atoms with Crippen molar-refractivity contribution in [3.05, 3.63) is 186 Å². The predicted octanol–water partition coefficient (Wildman–Crippen LogP) is 12.2. The topological polar surface area (TPSA) is 30.7 Å². The zero-order valence-electron chi connectivity index (χ0n) is 33.2. The maximum atomic E-state index is 7.86. The first kappa shape index (κ1) is 27.3. The van der Waals surface area contributed by atoms with E-state index in [1.807, 2.05) is 54.6 Å². The number of imidazole rings is 1. The molecule has 3 heterocycles. The Morgan fingerprint density at radius 2 is 1.35 bits per heavy atom. The van der Waals surface area contributed by atoms with Gasteiger partial charge in [0.15, 0.2) is 0 Å². The van der Waals surface area contributed by atoms with Gasteiger partial charge in [-0.15, -0.1) is 47.3 Å². The molecule has 0 atom stereocenters. The Morgan fingerprint density at radius 3 is 2.02 bits per heavy atom. The quantitative estimate of drug-likeness (QED) is 0.161. The Labute approximate surface area is 324 Å². The van der Waals surface area contributed by atoms with Crippen LogP contribution in [0, 0.1) is 25.2 Å². The van der Waals surface area contributed by atoms with E-state index < -0.39 is 13.7 Å². The second kappa shape index (κ2) is 15.2. The van der Waals surface area contributed by atoms with Gasteiger partial charge in [0.1, 0.15) is 0 Å². The molecule has 3 aromatic heterocycles. The van der Waals surface area contributed by atoms with Crippen molar-refractivity contribution < 1.29 is 28.3 Å². The maximum absolute atomic E-state index is 7.86. The van der Waals surface area contributed by atoms with Crippen molar-refractivity contribution >= 4 is 32.5 Å². The predicted molar refractivity (Wildman–Crippen MR) is 210 cm³/mol. The van der Waals surface area contributed by atoms with Crippen LogP contribution in [0.5, 0.6) is 0 Å². The van der Waals surface area contributed by atoms with Gasteiger partial charge in [-0.3, -0.25) is 16.3 Å². The van der Waals surface area contributed by atoms with Crippen molar-refractivity contribution in [3.63, 3.8) is 0 Å². The molecule has 0 fully saturated rings. The van der Waals surface area contributed by atoms with Crippen LogP contribution in [0.25, 0.3) is 71.7 Å². The number of pyridine rings is 1. The van der Waals surface area contributed by atoms with Crippen LogP contribution < -0.4 is 0 Å². The number of thiophene rings is 1. The van der Waals surface area contributed by atoms with Gasteiger partial charge in [-0.2, -0.15) is 0 Å². The molecule has 0 N–H and O–H groups in total. The summed E-state index contributed by atoms with van der Waals surface area (Å²) >= 11 is 1.43. The smallest absolute Gasteiger partial charge is 0.0774 e. The van der Waals surface area contributed by atoms with E-state index in [1.54, 1.807) is 30.3 Å². The van der Waals surface area contributed by atoms with Gasteiger partial charge < -0.3 is 9.55 Å². The SMILES string of the molecule is [2H]C([2H])([2H])c1ccc(-c2[c-]cccc2)nc1.[2H]C([2H])([2H])c1ccc2c(-c3nc4ccccc4n3-c3c(-c4ccccc4)cccc3-c3ccccc3)[c-]sc2c1.[Ir]. The van der Waals surface area contributed by atoms with Crippen LogP contribution >= 0.6 is 11.3 Å². The van der Waals surface area contributed by atoms with Crippen LogP contribution in [0.3, 0.4) is 0 Å². The number of benzene rings is 6. The van der Waals surface area contributed by atoms with Crippen LogP contribution in [-0.2, 0) is 20.1 Å². The van der Waals surface area contributed by atoms with E-state index in [4.69, 9.17) is 13.2 Å². The summed E-state index contributed by atoms with van der Waals surface area (Å²) in [5, 5.41) is 4.41. The summed E-state index contributed by atoms with van der Waals surface area (Å²) in [6.07, 6.45) is 1.39. The molecule has 0 amide bonds. The van der Waals surface area contributed by atoms with Crippen molar-refractivity contribution in [3.8, 4) is 50.6 Å². The van der Waals surface area contributed by atoms with Gasteiger partial charge in [-0.25, -0.2) is 0 Å². The summed E-state index contributed by atoms with van der Waals surface area (Å²) in [4.78, 5) is 9.27. The molecule has 3 nitrogen and oxygen atoms in total. The summed E-state index contributed by atoms with van der Waals surface area (Å²) in [7, 11) is 0. The third-order valence-electron chi connectivity index (χ3n) is 8.48. The van der Waals surface area contributed by atoms with Gasteiger partial charge in [0.2, 0.25) is 0 Å². The summed E-state index contributed by atoms with van der Waals surface area (Å²) in [6.45, 7) is -4.25. The molecule has 51 heavy (non-hydrogen) atoms. The Balaban J connectivity index is 0.000000246. The Morgan fingerprint density at radius 1 is 0.667 bits per heavy atom. The summed E-state index contributed by atoms with van der Waals surface area (Å²) < 4.78 is 48.4. The molecular weight excluding hydrogens is 819 g/mol. The zero-order valence-corrected chi connectivity index (χ0v) is 30.4. The van der Waals surface area contributed by atoms with Crippen molar-refractivity contribution in [1.29, 1.82) is 0 Å². The summed E-state index contributed by atoms with van der Waals surface area (Å²) in [5.41, 5.74) is 10.4. The van der Waals surface area contributed by atoms with Gasteiger partial charge in [-0.05, 0) is 48.2 Å². The zero-order chi connectivity index (χ0) is 38.9. The van der Waals surface area contributed by atoms with Crippen molar-refractivity contribution in [2.75, 3.05) is 0 Å². The van der Waals surface area contributed by atoms with Gasteiger partial charge in [0, 0.05) is 45.7 Å². The van der Waals surface area contributed by atoms with E-state index in [-0.39, 0.29) is 25.7 Å². The van der Waals surface area contributed by atoms with Crippen molar-refractivity contribution in [1.82, 2.24) is 14.5 Å². The first-order valence-corrected chi connectivity index (χ1v) is 17.0. The second-order valence-corrected chi connectivity index (χ2v) is 12.5. The third-order valence-corrected chi connectivity index (χ3v) is 9.34. The molecule has 9 rings (SSSR count). The Bertz CT molecular complexity index is 2710. The van der Waals surface area contributed by atoms with E-state index >= 15 is 0 Å². The molecule has 0 aliphatic carbocycles. The minimum Gasteiger partial charge on any atom is -0.332 e. The fourth-order valence-corrected chi connectivity index (χ4v) is 7.03. The van der Waals surface area contributed by atoms with Gasteiger partial charge >= 0.3 is 0 Å². The number of aryl methyl sites for hydroxylation is 2. The minimum atomic E-state index is -2.16. The molecule has 0 unspecified atom stereocenters. The molecule has 0 aliphatic rings. The number of para-hydroxylation sites is 3. The standard InChI is InChI=1S/C34H23N2S.C12H10N.Ir/c1-23-19-20-28-29(22-37-32(28)21-23)34-35-30-17-8-9-18-31(30)36(34)33-26(24-11-4-2-5-12-24)15-10-16-27(33)25-13-6-3-7-14-25;1-10-7-8-12(13-9-10)11-5-3-2-4-6-11;/h2-21H,1H3;2-5,7-9H,1H3;/q2*-1;/i2*1D3;. The first-order valence-electron chi connectivity index (χ1n) is 19.2. The number of fused-ring (bicyclic) bond motifs is 2. The maximum Gasteiger partial charge on any atom is 0.0774 e. The molecule has 6 aromatic carbocycles. The first-order chi connectivity index (χ1) is 27.1. The van der Waals surface area contributed by atoms with Crippen LogP contribution in [0.15, 0.2) is 164 Å². The molecule has 0 spiro atoms. The van der Waals surface area contributed by atoms with Crippen LogP contribution in [0.2, 0.25) is 0 Å². The molecule has 249 valence electrons. The van der Waals surface area contributed by atoms with Gasteiger partial charge in [0.25, 0.3) is 0 Å². The monoisotopic (exact) mass is 858 g/mol. The number of hydrogen-bond donors (Lipinski definition) is 0. The average Bonchev–Trinajstić information content (AvgIpc) is 3.82. The van der Waals surface area contributed by atoms with Crippen molar-refractivity contribution in [2.45, 2.75) is 13.7 Å². The average molecular weight is 858 g/mol. The van der Waals surface area contributed by atoms with Gasteiger partial charge in [0.05, 0.1) is 22.5 Å². The number of nitrogens with zero attached hydrogens (tertiary/aromatic N) is 3. The largest absolute Gasteiger partial charge is 0.332 e. The van der Waals surface area contributed by atoms with E-state index in [2.05, 4.69) is 93.8 Å². The molecule has 0 bridgehead atoms. The van der Waals surface area contributed by atoms with Crippen LogP contribution in [0.4, 0.5) is 0 Å². The number of aromatic nitrogens is 3. The molecular formula is C46H33IrN3S-2. The number of rotatable bonds is 5. The molecule has 1 radical (unpaired) electrons. The third kappa shape index (κ3) is 6.97. The molecule has 9 aromatic rings. The normalized spacial score (nSPS) is 13.0.